The van der Waals surface area contributed by atoms with E-state index in [1.807, 2.05) is 30.3 Å². The van der Waals surface area contributed by atoms with Crippen molar-refractivity contribution in [2.24, 2.45) is 0 Å². The average molecular weight is 340 g/mol. The van der Waals surface area contributed by atoms with Gasteiger partial charge in [0, 0.05) is 24.8 Å². The van der Waals surface area contributed by atoms with E-state index < -0.39 is 11.4 Å². The van der Waals surface area contributed by atoms with Crippen molar-refractivity contribution in [3.05, 3.63) is 59.4 Å². The van der Waals surface area contributed by atoms with Gasteiger partial charge < -0.3 is 15.0 Å². The predicted octanol–water partition coefficient (Wildman–Crippen LogP) is 2.48. The first-order valence-electron chi connectivity index (χ1n) is 8.21. The van der Waals surface area contributed by atoms with Crippen molar-refractivity contribution in [3.8, 4) is 0 Å². The fourth-order valence-electron chi connectivity index (χ4n) is 3.37. The minimum absolute atomic E-state index is 0.108. The van der Waals surface area contributed by atoms with Crippen LogP contribution in [0, 0.1) is 0 Å². The Morgan fingerprint density at radius 3 is 2.28 bits per heavy atom. The van der Waals surface area contributed by atoms with Crippen LogP contribution in [0.5, 0.6) is 0 Å². The molecule has 0 spiro atoms. The lowest BCUT2D eigenvalue weighted by Crippen LogP contribution is -2.49. The first-order chi connectivity index (χ1) is 11.9. The minimum Gasteiger partial charge on any atom is -0.481 e. The number of piperidine rings is 1. The van der Waals surface area contributed by atoms with Crippen LogP contribution >= 0.6 is 0 Å². The van der Waals surface area contributed by atoms with E-state index in [1.165, 1.54) is 13.1 Å². The molecular formula is C19H20N2O4. The summed E-state index contributed by atoms with van der Waals surface area (Å²) in [6.07, 6.45) is 2.24. The Morgan fingerprint density at radius 2 is 1.76 bits per heavy atom. The van der Waals surface area contributed by atoms with Crippen molar-refractivity contribution >= 4 is 17.7 Å². The van der Waals surface area contributed by atoms with E-state index in [2.05, 4.69) is 4.98 Å². The van der Waals surface area contributed by atoms with E-state index in [0.717, 1.165) is 5.56 Å². The molecule has 0 bridgehead atoms. The smallest absolute Gasteiger partial charge is 0.314 e. The molecule has 0 unspecified atom stereocenters. The van der Waals surface area contributed by atoms with Gasteiger partial charge in [0.15, 0.2) is 5.78 Å². The number of carbonyl (C=O) groups excluding carboxylic acids is 2. The van der Waals surface area contributed by atoms with Crippen molar-refractivity contribution in [2.45, 2.75) is 25.2 Å². The van der Waals surface area contributed by atoms with Crippen LogP contribution in [0.4, 0.5) is 0 Å². The summed E-state index contributed by atoms with van der Waals surface area (Å²) >= 11 is 0. The molecule has 2 heterocycles. The summed E-state index contributed by atoms with van der Waals surface area (Å²) < 4.78 is 0. The summed E-state index contributed by atoms with van der Waals surface area (Å²) in [6, 6.07) is 10.7. The van der Waals surface area contributed by atoms with E-state index in [4.69, 9.17) is 0 Å². The largest absolute Gasteiger partial charge is 0.481 e. The summed E-state index contributed by atoms with van der Waals surface area (Å²) in [5.74, 6) is -1.17. The Balaban J connectivity index is 1.76. The molecule has 0 aliphatic carbocycles. The van der Waals surface area contributed by atoms with Crippen molar-refractivity contribution in [2.75, 3.05) is 13.1 Å². The van der Waals surface area contributed by atoms with Crippen molar-refractivity contribution in [1.29, 1.82) is 0 Å². The van der Waals surface area contributed by atoms with Crippen molar-refractivity contribution < 1.29 is 19.5 Å². The lowest BCUT2D eigenvalue weighted by Gasteiger charge is -2.39. The molecule has 1 aliphatic rings. The third kappa shape index (κ3) is 3.07. The molecule has 2 aromatic rings. The maximum Gasteiger partial charge on any atom is 0.314 e. The number of hydrogen-bond acceptors (Lipinski definition) is 3. The van der Waals surface area contributed by atoms with Crippen molar-refractivity contribution in [3.63, 3.8) is 0 Å². The van der Waals surface area contributed by atoms with E-state index in [9.17, 15) is 19.5 Å². The molecule has 1 fully saturated rings. The van der Waals surface area contributed by atoms with E-state index in [0.29, 0.717) is 37.2 Å². The van der Waals surface area contributed by atoms with Crippen LogP contribution in [-0.4, -0.2) is 45.7 Å². The van der Waals surface area contributed by atoms with Crippen LogP contribution in [-0.2, 0) is 10.2 Å². The zero-order valence-electron chi connectivity index (χ0n) is 14.0. The van der Waals surface area contributed by atoms with Gasteiger partial charge in [-0.15, -0.1) is 0 Å². The molecular weight excluding hydrogens is 320 g/mol. The van der Waals surface area contributed by atoms with Gasteiger partial charge in [-0.25, -0.2) is 0 Å². The number of aliphatic carboxylic acids is 1. The molecule has 0 atom stereocenters. The number of carboxylic acids is 1. The van der Waals surface area contributed by atoms with Crippen LogP contribution in [0.2, 0.25) is 0 Å². The number of H-pyrrole nitrogens is 1. The second-order valence-corrected chi connectivity index (χ2v) is 6.40. The summed E-state index contributed by atoms with van der Waals surface area (Å²) in [4.78, 5) is 40.4. The fourth-order valence-corrected chi connectivity index (χ4v) is 3.37. The van der Waals surface area contributed by atoms with Crippen LogP contribution in [0.15, 0.2) is 42.6 Å². The van der Waals surface area contributed by atoms with E-state index in [-0.39, 0.29) is 11.7 Å². The average Bonchev–Trinajstić information content (AvgIpc) is 3.12. The number of hydrogen-bond donors (Lipinski definition) is 2. The second-order valence-electron chi connectivity index (χ2n) is 6.40. The topological polar surface area (TPSA) is 90.5 Å². The number of amides is 1. The number of nitrogens with zero attached hydrogens (tertiary/aromatic N) is 1. The van der Waals surface area contributed by atoms with Gasteiger partial charge in [0.2, 0.25) is 0 Å². The lowest BCUT2D eigenvalue weighted by atomic mass is 9.73. The number of nitrogens with one attached hydrogen (secondary N) is 1. The van der Waals surface area contributed by atoms with Crippen molar-refractivity contribution in [1.82, 2.24) is 9.88 Å². The van der Waals surface area contributed by atoms with Gasteiger partial charge >= 0.3 is 5.97 Å². The first-order valence-corrected chi connectivity index (χ1v) is 8.21. The van der Waals surface area contributed by atoms with Gasteiger partial charge in [-0.2, -0.15) is 0 Å². The van der Waals surface area contributed by atoms with Crippen LogP contribution in [0.1, 0.15) is 46.2 Å². The van der Waals surface area contributed by atoms with E-state index in [1.54, 1.807) is 11.0 Å². The number of aromatic nitrogens is 1. The standard InChI is InChI=1S/C19H20N2O4/c1-13(22)14-11-16(20-12-14)17(23)21-9-7-19(8-10-21,18(24)25)15-5-3-2-4-6-15/h2-6,11-12,20H,7-10H2,1H3,(H,24,25). The number of benzene rings is 1. The summed E-state index contributed by atoms with van der Waals surface area (Å²) in [6.45, 7) is 2.16. The first kappa shape index (κ1) is 17.0. The normalized spacial score (nSPS) is 16.4. The van der Waals surface area contributed by atoms with E-state index >= 15 is 0 Å². The molecule has 1 aromatic carbocycles. The zero-order chi connectivity index (χ0) is 18.0. The third-order valence-corrected chi connectivity index (χ3v) is 4.96. The fraction of sp³-hybridized carbons (Fsp3) is 0.316. The van der Waals surface area contributed by atoms with Gasteiger partial charge in [-0.05, 0) is 31.4 Å². The molecule has 6 nitrogen and oxygen atoms in total. The highest BCUT2D eigenvalue weighted by molar-refractivity contribution is 5.99. The summed E-state index contributed by atoms with van der Waals surface area (Å²) in [7, 11) is 0. The number of carboxylic acid groups (broad SMARTS) is 1. The zero-order valence-corrected chi connectivity index (χ0v) is 14.0. The number of ketones is 1. The number of Topliss-reactive ketones (excluding diaryl/α,β-unsaturated/α-hetero) is 1. The molecule has 1 aliphatic heterocycles. The Kier molecular flexibility index (Phi) is 4.44. The summed E-state index contributed by atoms with van der Waals surface area (Å²) in [5, 5.41) is 9.80. The highest BCUT2D eigenvalue weighted by atomic mass is 16.4. The Hall–Kier alpha value is -2.89. The van der Waals surface area contributed by atoms with Crippen LogP contribution in [0.3, 0.4) is 0 Å². The molecule has 1 aromatic heterocycles. The number of aromatic amines is 1. The van der Waals surface area contributed by atoms with Gasteiger partial charge in [0.1, 0.15) is 5.69 Å². The summed E-state index contributed by atoms with van der Waals surface area (Å²) in [5.41, 5.74) is 0.629. The highest BCUT2D eigenvalue weighted by Gasteiger charge is 2.44. The van der Waals surface area contributed by atoms with Crippen LogP contribution < -0.4 is 0 Å². The molecule has 0 radical (unpaired) electrons. The number of carbonyl (C=O) groups is 3. The molecule has 25 heavy (non-hydrogen) atoms. The molecule has 6 heteroatoms. The third-order valence-electron chi connectivity index (χ3n) is 4.96. The molecule has 1 saturated heterocycles. The maximum atomic E-state index is 12.6. The predicted molar refractivity (Wildman–Crippen MR) is 91.7 cm³/mol. The SMILES string of the molecule is CC(=O)c1c[nH]c(C(=O)N2CCC(C(=O)O)(c3ccccc3)CC2)c1. The molecule has 130 valence electrons. The minimum atomic E-state index is -0.960. The number of likely N-dealkylation sites (tertiary alicyclic amines) is 1. The molecule has 1 amide bonds. The maximum absolute atomic E-state index is 12.6. The molecule has 2 N–H and O–H groups in total. The quantitative estimate of drug-likeness (QED) is 0.837. The Labute approximate surface area is 145 Å². The Morgan fingerprint density at radius 1 is 1.12 bits per heavy atom. The number of rotatable bonds is 4. The molecule has 3 rings (SSSR count). The second kappa shape index (κ2) is 6.55. The monoisotopic (exact) mass is 340 g/mol. The van der Waals surface area contributed by atoms with Gasteiger partial charge in [-0.3, -0.25) is 14.4 Å². The lowest BCUT2D eigenvalue weighted by molar-refractivity contribution is -0.145. The van der Waals surface area contributed by atoms with Gasteiger partial charge in [-0.1, -0.05) is 30.3 Å². The van der Waals surface area contributed by atoms with Crippen LogP contribution in [0.25, 0.3) is 0 Å². The Bertz CT molecular complexity index is 802. The van der Waals surface area contributed by atoms with Gasteiger partial charge in [0.25, 0.3) is 5.91 Å². The molecule has 0 saturated carbocycles. The van der Waals surface area contributed by atoms with Gasteiger partial charge in [0.05, 0.1) is 5.41 Å². The highest BCUT2D eigenvalue weighted by Crippen LogP contribution is 2.36.